The van der Waals surface area contributed by atoms with Crippen molar-refractivity contribution in [2.45, 2.75) is 6.92 Å². The first kappa shape index (κ1) is 16.0. The number of nitrogens with zero attached hydrogens (tertiary/aromatic N) is 2. The number of ether oxygens (including phenoxy) is 1. The number of nitrogens with two attached hydrogens (primary N) is 1. The van der Waals surface area contributed by atoms with Crippen LogP contribution in [0.4, 0.5) is 10.2 Å². The molecule has 0 bridgehead atoms. The van der Waals surface area contributed by atoms with Gasteiger partial charge >= 0.3 is 0 Å². The molecule has 0 atom stereocenters. The molecule has 2 aromatic heterocycles. The zero-order valence-corrected chi connectivity index (χ0v) is 12.5. The van der Waals surface area contributed by atoms with Gasteiger partial charge in [0, 0.05) is 10.7 Å². The van der Waals surface area contributed by atoms with Gasteiger partial charge < -0.3 is 10.5 Å². The summed E-state index contributed by atoms with van der Waals surface area (Å²) in [7, 11) is 1.37. The second kappa shape index (κ2) is 7.54. The van der Waals surface area contributed by atoms with Crippen molar-refractivity contribution in [2.24, 2.45) is 0 Å². The predicted molar refractivity (Wildman–Crippen MR) is 77.2 cm³/mol. The third-order valence-electron chi connectivity index (χ3n) is 2.25. The van der Waals surface area contributed by atoms with Crippen molar-refractivity contribution in [3.8, 4) is 5.88 Å². The largest absolute Gasteiger partial charge is 0.480 e. The Hall–Kier alpha value is -2.02. The van der Waals surface area contributed by atoms with Crippen LogP contribution in [0.3, 0.4) is 0 Å². The maximum atomic E-state index is 12.4. The molecule has 0 saturated carbocycles. The standard InChI is InChI=1S/C7H6FNO2.C6H7BrN2/c1-11-7-5(4-10)2-6(8)3-9-7;1-4-2-5(7)3-9-6(4)8/h2-4H,1H3;2-3H,1H3,(H2,8,9). The minimum absolute atomic E-state index is 0.118. The lowest BCUT2D eigenvalue weighted by Crippen LogP contribution is -1.94. The topological polar surface area (TPSA) is 78.1 Å². The molecule has 0 aliphatic carbocycles. The van der Waals surface area contributed by atoms with Crippen LogP contribution in [-0.2, 0) is 0 Å². The maximum Gasteiger partial charge on any atom is 0.223 e. The normalized spacial score (nSPS) is 9.40. The molecule has 0 aliphatic heterocycles. The molecule has 2 aromatic rings. The van der Waals surface area contributed by atoms with E-state index in [1.165, 1.54) is 7.11 Å². The lowest BCUT2D eigenvalue weighted by Gasteiger charge is -1.99. The Bertz CT molecular complexity index is 608. The fourth-order valence-electron chi connectivity index (χ4n) is 1.25. The number of aryl methyl sites for hydroxylation is 1. The summed E-state index contributed by atoms with van der Waals surface area (Å²) in [5.74, 6) is 0.188. The lowest BCUT2D eigenvalue weighted by atomic mass is 10.3. The maximum absolute atomic E-state index is 12.4. The first-order chi connectivity index (χ1) is 9.47. The molecule has 0 unspecified atom stereocenters. The highest BCUT2D eigenvalue weighted by Gasteiger charge is 2.03. The minimum atomic E-state index is -0.548. The van der Waals surface area contributed by atoms with Crippen molar-refractivity contribution in [3.05, 3.63) is 45.9 Å². The molecular formula is C13H13BrFN3O2. The molecule has 0 aliphatic rings. The highest BCUT2D eigenvalue weighted by molar-refractivity contribution is 9.10. The Morgan fingerprint density at radius 3 is 2.55 bits per heavy atom. The fourth-order valence-corrected chi connectivity index (χ4v) is 1.69. The molecule has 2 rings (SSSR count). The van der Waals surface area contributed by atoms with E-state index in [4.69, 9.17) is 5.73 Å². The average Bonchev–Trinajstić information content (AvgIpc) is 2.44. The molecular weight excluding hydrogens is 329 g/mol. The number of hydrogen-bond acceptors (Lipinski definition) is 5. The van der Waals surface area contributed by atoms with Gasteiger partial charge in [-0.3, -0.25) is 4.79 Å². The summed E-state index contributed by atoms with van der Waals surface area (Å²) in [5.41, 5.74) is 6.58. The van der Waals surface area contributed by atoms with E-state index in [1.807, 2.05) is 13.0 Å². The van der Waals surface area contributed by atoms with Gasteiger partial charge in [0.15, 0.2) is 6.29 Å². The molecule has 2 heterocycles. The second-order valence-electron chi connectivity index (χ2n) is 3.73. The SMILES string of the molecule is COc1ncc(F)cc1C=O.Cc1cc(Br)cnc1N. The molecule has 5 nitrogen and oxygen atoms in total. The number of carbonyl (C=O) groups excluding carboxylic acids is 1. The number of hydrogen-bond donors (Lipinski definition) is 1. The van der Waals surface area contributed by atoms with Crippen LogP contribution in [0.1, 0.15) is 15.9 Å². The minimum Gasteiger partial charge on any atom is -0.480 e. The van der Waals surface area contributed by atoms with Crippen LogP contribution in [0, 0.1) is 12.7 Å². The monoisotopic (exact) mass is 341 g/mol. The number of methoxy groups -OCH3 is 1. The van der Waals surface area contributed by atoms with Gasteiger partial charge in [-0.1, -0.05) is 0 Å². The molecule has 0 radical (unpaired) electrons. The molecule has 2 N–H and O–H groups in total. The zero-order valence-electron chi connectivity index (χ0n) is 10.9. The molecule has 106 valence electrons. The van der Waals surface area contributed by atoms with E-state index in [0.717, 1.165) is 22.3 Å². The van der Waals surface area contributed by atoms with Crippen molar-refractivity contribution in [2.75, 3.05) is 12.8 Å². The zero-order chi connectivity index (χ0) is 15.1. The Balaban J connectivity index is 0.000000204. The predicted octanol–water partition coefficient (Wildman–Crippen LogP) is 2.78. The number of nitrogen functional groups attached to an aromatic ring is 1. The van der Waals surface area contributed by atoms with Gasteiger partial charge in [0.2, 0.25) is 5.88 Å². The number of pyridine rings is 2. The molecule has 0 saturated heterocycles. The summed E-state index contributed by atoms with van der Waals surface area (Å²) in [6.45, 7) is 1.92. The Morgan fingerprint density at radius 2 is 2.05 bits per heavy atom. The summed E-state index contributed by atoms with van der Waals surface area (Å²) < 4.78 is 18.0. The molecule has 7 heteroatoms. The summed E-state index contributed by atoms with van der Waals surface area (Å²) >= 11 is 3.28. The van der Waals surface area contributed by atoms with Gasteiger partial charge in [0.1, 0.15) is 11.6 Å². The highest BCUT2D eigenvalue weighted by atomic mass is 79.9. The van der Waals surface area contributed by atoms with E-state index < -0.39 is 5.82 Å². The third kappa shape index (κ3) is 4.58. The van der Waals surface area contributed by atoms with Gasteiger partial charge in [-0.25, -0.2) is 14.4 Å². The molecule has 0 fully saturated rings. The van der Waals surface area contributed by atoms with Crippen molar-refractivity contribution >= 4 is 28.0 Å². The van der Waals surface area contributed by atoms with Gasteiger partial charge in [-0.2, -0.15) is 0 Å². The van der Waals surface area contributed by atoms with Crippen LogP contribution >= 0.6 is 15.9 Å². The van der Waals surface area contributed by atoms with Crippen LogP contribution in [0.15, 0.2) is 29.0 Å². The van der Waals surface area contributed by atoms with Crippen molar-refractivity contribution in [1.29, 1.82) is 0 Å². The Labute approximate surface area is 124 Å². The summed E-state index contributed by atoms with van der Waals surface area (Å²) in [6, 6.07) is 3.00. The molecule has 0 amide bonds. The smallest absolute Gasteiger partial charge is 0.223 e. The van der Waals surface area contributed by atoms with Crippen LogP contribution < -0.4 is 10.5 Å². The van der Waals surface area contributed by atoms with E-state index in [-0.39, 0.29) is 11.4 Å². The first-order valence-electron chi connectivity index (χ1n) is 5.50. The average molecular weight is 342 g/mol. The number of carbonyl (C=O) groups is 1. The van der Waals surface area contributed by atoms with E-state index in [1.54, 1.807) is 6.20 Å². The lowest BCUT2D eigenvalue weighted by molar-refractivity contribution is 0.111. The first-order valence-corrected chi connectivity index (χ1v) is 6.29. The van der Waals surface area contributed by atoms with Crippen LogP contribution in [0.2, 0.25) is 0 Å². The molecule has 20 heavy (non-hydrogen) atoms. The van der Waals surface area contributed by atoms with E-state index in [0.29, 0.717) is 12.1 Å². The van der Waals surface area contributed by atoms with Crippen LogP contribution in [0.25, 0.3) is 0 Å². The third-order valence-corrected chi connectivity index (χ3v) is 2.68. The Kier molecular flexibility index (Phi) is 6.05. The van der Waals surface area contributed by atoms with E-state index >= 15 is 0 Å². The summed E-state index contributed by atoms with van der Waals surface area (Å²) in [5, 5.41) is 0. The quantitative estimate of drug-likeness (QED) is 0.849. The van der Waals surface area contributed by atoms with Crippen molar-refractivity contribution < 1.29 is 13.9 Å². The van der Waals surface area contributed by atoms with Gasteiger partial charge in [0.05, 0.1) is 18.9 Å². The fraction of sp³-hybridized carbons (Fsp3) is 0.154. The second-order valence-corrected chi connectivity index (χ2v) is 4.64. The molecule has 0 aromatic carbocycles. The highest BCUT2D eigenvalue weighted by Crippen LogP contribution is 2.13. The molecule has 0 spiro atoms. The number of aromatic nitrogens is 2. The van der Waals surface area contributed by atoms with Gasteiger partial charge in [0.25, 0.3) is 0 Å². The number of aldehydes is 1. The number of anilines is 1. The summed E-state index contributed by atoms with van der Waals surface area (Å²) in [6.07, 6.45) is 3.17. The van der Waals surface area contributed by atoms with Crippen molar-refractivity contribution in [3.63, 3.8) is 0 Å². The van der Waals surface area contributed by atoms with Crippen molar-refractivity contribution in [1.82, 2.24) is 9.97 Å². The van der Waals surface area contributed by atoms with Gasteiger partial charge in [-0.05, 0) is 40.5 Å². The summed E-state index contributed by atoms with van der Waals surface area (Å²) in [4.78, 5) is 17.7. The Morgan fingerprint density at radius 1 is 1.35 bits per heavy atom. The van der Waals surface area contributed by atoms with Crippen LogP contribution in [0.5, 0.6) is 5.88 Å². The van der Waals surface area contributed by atoms with E-state index in [9.17, 15) is 9.18 Å². The number of rotatable bonds is 2. The van der Waals surface area contributed by atoms with Crippen LogP contribution in [-0.4, -0.2) is 23.4 Å². The number of halogens is 2. The van der Waals surface area contributed by atoms with Gasteiger partial charge in [-0.15, -0.1) is 0 Å². The van der Waals surface area contributed by atoms with E-state index in [2.05, 4.69) is 30.6 Å².